The summed E-state index contributed by atoms with van der Waals surface area (Å²) in [5.41, 5.74) is 1.14. The van der Waals surface area contributed by atoms with Crippen molar-refractivity contribution in [3.8, 4) is 5.75 Å². The number of aryl methyl sites for hydroxylation is 1. The van der Waals surface area contributed by atoms with Crippen LogP contribution in [0.5, 0.6) is 5.75 Å². The van der Waals surface area contributed by atoms with Crippen LogP contribution in [0.2, 0.25) is 5.02 Å². The van der Waals surface area contributed by atoms with Crippen LogP contribution in [0, 0.1) is 6.92 Å². The first kappa shape index (κ1) is 14.4. The molecule has 0 heterocycles. The Bertz CT molecular complexity index is 380. The zero-order valence-electron chi connectivity index (χ0n) is 8.89. The number of halogens is 3. The Labute approximate surface area is 122 Å². The van der Waals surface area contributed by atoms with Crippen LogP contribution in [0.1, 0.15) is 5.56 Å². The van der Waals surface area contributed by atoms with Gasteiger partial charge in [0.05, 0.1) is 8.41 Å². The lowest BCUT2D eigenvalue weighted by Gasteiger charge is -2.09. The zero-order valence-corrected chi connectivity index (χ0v) is 13.6. The monoisotopic (exact) mass is 384 g/mol. The average molecular weight is 387 g/mol. The smallest absolute Gasteiger partial charge is 0.121 e. The fourth-order valence-electron chi connectivity index (χ4n) is 1.24. The van der Waals surface area contributed by atoms with Gasteiger partial charge in [0, 0.05) is 4.90 Å². The van der Waals surface area contributed by atoms with Crippen molar-refractivity contribution in [3.05, 3.63) is 32.2 Å². The Morgan fingerprint density at radius 1 is 1.50 bits per heavy atom. The molecule has 1 nitrogen and oxygen atoms in total. The third-order valence-corrected chi connectivity index (χ3v) is 3.90. The van der Waals surface area contributed by atoms with Gasteiger partial charge in [-0.3, -0.25) is 0 Å². The Hall–Kier alpha value is 0.360. The summed E-state index contributed by atoms with van der Waals surface area (Å²) in [6, 6.07) is 3.84. The maximum atomic E-state index is 6.14. The average Bonchev–Trinajstić information content (AvgIpc) is 2.16. The molecule has 0 fully saturated rings. The lowest BCUT2D eigenvalue weighted by atomic mass is 10.2. The van der Waals surface area contributed by atoms with Crippen LogP contribution >= 0.6 is 55.2 Å². The topological polar surface area (TPSA) is 9.23 Å². The van der Waals surface area contributed by atoms with E-state index in [0.717, 1.165) is 24.6 Å². The molecule has 5 heteroatoms. The third kappa shape index (κ3) is 4.32. The molecule has 0 aromatic heterocycles. The van der Waals surface area contributed by atoms with Gasteiger partial charge in [-0.15, -0.1) is 11.8 Å². The quantitative estimate of drug-likeness (QED) is 0.643. The lowest BCUT2D eigenvalue weighted by molar-refractivity contribution is 0.362. The zero-order chi connectivity index (χ0) is 12.1. The van der Waals surface area contributed by atoms with Gasteiger partial charge in [0.2, 0.25) is 0 Å². The van der Waals surface area contributed by atoms with E-state index in [4.69, 9.17) is 16.3 Å². The van der Waals surface area contributed by atoms with E-state index in [1.54, 1.807) is 11.8 Å². The second-order valence-corrected chi connectivity index (χ2v) is 7.06. The molecule has 0 unspecified atom stereocenters. The molecule has 88 valence electrons. The van der Waals surface area contributed by atoms with Crippen molar-refractivity contribution in [2.45, 2.75) is 11.8 Å². The van der Waals surface area contributed by atoms with E-state index >= 15 is 0 Å². The highest BCUT2D eigenvalue weighted by Gasteiger charge is 2.05. The van der Waals surface area contributed by atoms with Crippen molar-refractivity contribution < 1.29 is 4.74 Å². The van der Waals surface area contributed by atoms with Crippen LogP contribution in [0.25, 0.3) is 0 Å². The fourth-order valence-corrected chi connectivity index (χ4v) is 2.63. The van der Waals surface area contributed by atoms with Gasteiger partial charge in [-0.1, -0.05) is 11.6 Å². The largest absolute Gasteiger partial charge is 0.489 e. The van der Waals surface area contributed by atoms with Crippen LogP contribution < -0.4 is 4.74 Å². The fraction of sp³-hybridized carbons (Fsp3) is 0.273. The Kier molecular flexibility index (Phi) is 6.26. The second kappa shape index (κ2) is 6.94. The molecule has 0 atom stereocenters. The van der Waals surface area contributed by atoms with Gasteiger partial charge in [-0.25, -0.2) is 0 Å². The second-order valence-electron chi connectivity index (χ2n) is 3.06. The predicted octanol–water partition coefficient (Wildman–Crippen LogP) is 5.38. The summed E-state index contributed by atoms with van der Waals surface area (Å²) >= 11 is 14.3. The minimum absolute atomic E-state index is 0.500. The summed E-state index contributed by atoms with van der Waals surface area (Å²) in [5, 5.41) is 0.740. The van der Waals surface area contributed by atoms with E-state index in [0.29, 0.717) is 6.61 Å². The van der Waals surface area contributed by atoms with Crippen LogP contribution in [0.4, 0.5) is 0 Å². The van der Waals surface area contributed by atoms with E-state index in [-0.39, 0.29) is 0 Å². The number of hydrogen-bond donors (Lipinski definition) is 0. The molecule has 1 rings (SSSR count). The highest BCUT2D eigenvalue weighted by atomic mass is 79.9. The molecular weight excluding hydrogens is 375 g/mol. The molecule has 0 aliphatic carbocycles. The van der Waals surface area contributed by atoms with Gasteiger partial charge < -0.3 is 4.74 Å². The Balaban J connectivity index is 2.80. The number of ether oxygens (including phenoxy) is 1. The molecule has 0 saturated heterocycles. The van der Waals surface area contributed by atoms with Gasteiger partial charge in [-0.2, -0.15) is 0 Å². The van der Waals surface area contributed by atoms with Gasteiger partial charge in [-0.05, 0) is 68.8 Å². The summed E-state index contributed by atoms with van der Waals surface area (Å²) in [4.78, 5) is 1.10. The van der Waals surface area contributed by atoms with Gasteiger partial charge >= 0.3 is 0 Å². The first-order chi connectivity index (χ1) is 7.54. The molecule has 16 heavy (non-hydrogen) atoms. The Morgan fingerprint density at radius 3 is 2.69 bits per heavy atom. The number of hydrogen-bond acceptors (Lipinski definition) is 2. The highest BCUT2D eigenvalue weighted by Crippen LogP contribution is 2.32. The summed E-state index contributed by atoms with van der Waals surface area (Å²) < 4.78 is 6.43. The first-order valence-corrected chi connectivity index (χ1v) is 7.71. The maximum absolute atomic E-state index is 6.14. The van der Waals surface area contributed by atoms with Crippen LogP contribution in [0.3, 0.4) is 0 Å². The molecule has 0 aliphatic rings. The van der Waals surface area contributed by atoms with Crippen LogP contribution in [-0.4, -0.2) is 12.9 Å². The predicted molar refractivity (Wildman–Crippen MR) is 79.4 cm³/mol. The maximum Gasteiger partial charge on any atom is 0.121 e. The molecule has 1 aromatic rings. The summed E-state index contributed by atoms with van der Waals surface area (Å²) in [7, 11) is 0. The molecule has 0 spiro atoms. The van der Waals surface area contributed by atoms with E-state index in [1.165, 1.54) is 0 Å². The van der Waals surface area contributed by atoms with E-state index in [9.17, 15) is 0 Å². The van der Waals surface area contributed by atoms with Crippen molar-refractivity contribution in [2.75, 3.05) is 12.9 Å². The molecule has 0 radical (unpaired) electrons. The molecule has 0 amide bonds. The number of thioether (sulfide) groups is 1. The van der Waals surface area contributed by atoms with Gasteiger partial charge in [0.25, 0.3) is 0 Å². The minimum Gasteiger partial charge on any atom is -0.489 e. The first-order valence-electron chi connectivity index (χ1n) is 4.52. The molecule has 0 saturated carbocycles. The standard InChI is InChI=1S/C11H11Br2ClOS/c1-7-5-8(15-4-3-10(12)13)6-9(14)11(7)16-2/h3,5-6H,4H2,1-2H3. The molecule has 0 N–H and O–H groups in total. The summed E-state index contributed by atoms with van der Waals surface area (Å²) in [6.45, 7) is 2.53. The molecule has 0 bridgehead atoms. The third-order valence-electron chi connectivity index (χ3n) is 1.89. The SMILES string of the molecule is CSc1c(C)cc(OCC=C(Br)Br)cc1Cl. The van der Waals surface area contributed by atoms with E-state index < -0.39 is 0 Å². The van der Waals surface area contributed by atoms with E-state index in [1.807, 2.05) is 31.4 Å². The van der Waals surface area contributed by atoms with Gasteiger partial charge in [0.1, 0.15) is 12.4 Å². The van der Waals surface area contributed by atoms with Crippen molar-refractivity contribution in [1.82, 2.24) is 0 Å². The van der Waals surface area contributed by atoms with Gasteiger partial charge in [0.15, 0.2) is 0 Å². The number of benzene rings is 1. The minimum atomic E-state index is 0.500. The van der Waals surface area contributed by atoms with Crippen LogP contribution in [-0.2, 0) is 0 Å². The van der Waals surface area contributed by atoms with Crippen molar-refractivity contribution in [1.29, 1.82) is 0 Å². The Morgan fingerprint density at radius 2 is 2.19 bits per heavy atom. The normalized spacial score (nSPS) is 10.1. The van der Waals surface area contributed by atoms with Crippen molar-refractivity contribution in [3.63, 3.8) is 0 Å². The summed E-state index contributed by atoms with van der Waals surface area (Å²) in [6.07, 6.45) is 3.89. The lowest BCUT2D eigenvalue weighted by Crippen LogP contribution is -1.94. The molecule has 1 aromatic carbocycles. The highest BCUT2D eigenvalue weighted by molar-refractivity contribution is 9.28. The number of rotatable bonds is 4. The molecular formula is C11H11Br2ClOS. The molecule has 0 aliphatic heterocycles. The summed E-state index contributed by atoms with van der Waals surface area (Å²) in [5.74, 6) is 0.790. The van der Waals surface area contributed by atoms with Crippen LogP contribution in [0.15, 0.2) is 26.5 Å². The van der Waals surface area contributed by atoms with E-state index in [2.05, 4.69) is 31.9 Å². The van der Waals surface area contributed by atoms with Crippen molar-refractivity contribution in [2.24, 2.45) is 0 Å². The van der Waals surface area contributed by atoms with Crippen molar-refractivity contribution >= 4 is 55.2 Å².